The van der Waals surface area contributed by atoms with Crippen LogP contribution in [0.5, 0.6) is 0 Å². The van der Waals surface area contributed by atoms with Gasteiger partial charge in [0.2, 0.25) is 0 Å². The zero-order chi connectivity index (χ0) is 4.28. The van der Waals surface area contributed by atoms with E-state index in [9.17, 15) is 8.78 Å². The molecular formula is CHBrF2Se. The predicted octanol–water partition coefficient (Wildman–Crippen LogP) is 1.22. The summed E-state index contributed by atoms with van der Waals surface area (Å²) < 4.78 is 21.5. The molecule has 0 aliphatic heterocycles. The summed E-state index contributed by atoms with van der Waals surface area (Å²) in [5.74, 6) is 0. The molecule has 5 heavy (non-hydrogen) atoms. The van der Waals surface area contributed by atoms with Crippen LogP contribution < -0.4 is 0 Å². The van der Waals surface area contributed by atoms with Gasteiger partial charge in [0.1, 0.15) is 0 Å². The monoisotopic (exact) mass is 210 g/mol. The summed E-state index contributed by atoms with van der Waals surface area (Å²) in [6.07, 6.45) is 0. The van der Waals surface area contributed by atoms with Crippen LogP contribution in [0.1, 0.15) is 0 Å². The maximum atomic E-state index is 10.7. The Hall–Kier alpha value is 0.859. The molecule has 0 aromatic carbocycles. The van der Waals surface area contributed by atoms with Gasteiger partial charge < -0.3 is 0 Å². The van der Waals surface area contributed by atoms with Crippen molar-refractivity contribution in [1.82, 2.24) is 0 Å². The average molecular weight is 210 g/mol. The Morgan fingerprint density at radius 1 is 1.60 bits per heavy atom. The molecule has 0 fully saturated rings. The van der Waals surface area contributed by atoms with E-state index >= 15 is 0 Å². The zero-order valence-electron chi connectivity index (χ0n) is 2.12. The predicted molar refractivity (Wildman–Crippen MR) is 20.7 cm³/mol. The van der Waals surface area contributed by atoms with Crippen LogP contribution in [0.15, 0.2) is 0 Å². The van der Waals surface area contributed by atoms with Crippen molar-refractivity contribution >= 4 is 27.3 Å². The van der Waals surface area contributed by atoms with E-state index in [0.29, 0.717) is 0 Å². The molecule has 0 saturated carbocycles. The van der Waals surface area contributed by atoms with E-state index in [0.717, 1.165) is 0 Å². The molecule has 0 N–H and O–H groups in total. The molecule has 0 bridgehead atoms. The summed E-state index contributed by atoms with van der Waals surface area (Å²) in [4.78, 5) is 0. The fourth-order valence-electron chi connectivity index (χ4n) is 0. The first-order valence-electron chi connectivity index (χ1n) is 0.826. The summed E-state index contributed by atoms with van der Waals surface area (Å²) in [5.41, 5.74) is 0. The SMILES string of the molecule is FC(F)[Se]Br. The van der Waals surface area contributed by atoms with Gasteiger partial charge in [-0.25, -0.2) is 0 Å². The van der Waals surface area contributed by atoms with Crippen molar-refractivity contribution in [2.45, 2.75) is 5.32 Å². The number of halogens is 3. The molecule has 0 spiro atoms. The Balaban J connectivity index is 2.54. The van der Waals surface area contributed by atoms with Gasteiger partial charge in [-0.1, -0.05) is 0 Å². The minimum atomic E-state index is -2.14. The molecular weight excluding hydrogens is 209 g/mol. The number of alkyl halides is 2. The summed E-state index contributed by atoms with van der Waals surface area (Å²) in [7, 11) is 0. The van der Waals surface area contributed by atoms with Crippen LogP contribution in [0.4, 0.5) is 8.78 Å². The van der Waals surface area contributed by atoms with Crippen LogP contribution in [0.2, 0.25) is 0 Å². The van der Waals surface area contributed by atoms with Gasteiger partial charge in [-0.15, -0.1) is 0 Å². The fourth-order valence-corrected chi connectivity index (χ4v) is 0. The Bertz CT molecular complexity index is 23.6. The quantitative estimate of drug-likeness (QED) is 0.570. The first-order chi connectivity index (χ1) is 2.27. The minimum absolute atomic E-state index is 0.646. The zero-order valence-corrected chi connectivity index (χ0v) is 5.42. The Labute approximate surface area is 41.8 Å². The molecule has 0 heterocycles. The summed E-state index contributed by atoms with van der Waals surface area (Å²) >= 11 is 1.98. The third-order valence-corrected chi connectivity index (χ3v) is 1.82. The van der Waals surface area contributed by atoms with Gasteiger partial charge in [-0.3, -0.25) is 0 Å². The maximum absolute atomic E-state index is 10.7. The third-order valence-electron chi connectivity index (χ3n) is 0.0673. The van der Waals surface area contributed by atoms with Gasteiger partial charge in [0.25, 0.3) is 0 Å². The van der Waals surface area contributed by atoms with E-state index in [-0.39, 0.29) is 0 Å². The van der Waals surface area contributed by atoms with Crippen LogP contribution in [-0.2, 0) is 0 Å². The van der Waals surface area contributed by atoms with Crippen LogP contribution in [0.3, 0.4) is 0 Å². The first-order valence-corrected chi connectivity index (χ1v) is 5.83. The number of hydrogen-bond acceptors (Lipinski definition) is 0. The van der Waals surface area contributed by atoms with E-state index in [4.69, 9.17) is 0 Å². The van der Waals surface area contributed by atoms with Crippen LogP contribution in [0, 0.1) is 0 Å². The molecule has 0 unspecified atom stereocenters. The molecule has 0 saturated heterocycles. The van der Waals surface area contributed by atoms with Gasteiger partial charge in [0.15, 0.2) is 0 Å². The molecule has 0 aliphatic rings. The Morgan fingerprint density at radius 2 is 1.80 bits per heavy atom. The van der Waals surface area contributed by atoms with Crippen LogP contribution in [0.25, 0.3) is 0 Å². The molecule has 0 rings (SSSR count). The van der Waals surface area contributed by atoms with Gasteiger partial charge in [-0.05, 0) is 0 Å². The van der Waals surface area contributed by atoms with E-state index in [1.165, 1.54) is 0 Å². The molecule has 0 atom stereocenters. The van der Waals surface area contributed by atoms with E-state index in [2.05, 4.69) is 14.1 Å². The molecule has 4 heteroatoms. The van der Waals surface area contributed by atoms with E-state index < -0.39 is 18.5 Å². The second-order valence-electron chi connectivity index (χ2n) is 0.350. The van der Waals surface area contributed by atoms with Crippen LogP contribution >= 0.6 is 14.1 Å². The molecule has 0 aromatic heterocycles. The van der Waals surface area contributed by atoms with Gasteiger partial charge >= 0.3 is 41.4 Å². The van der Waals surface area contributed by atoms with Crippen molar-refractivity contribution in [3.63, 3.8) is 0 Å². The van der Waals surface area contributed by atoms with Crippen molar-refractivity contribution in [3.05, 3.63) is 0 Å². The number of hydrogen-bond donors (Lipinski definition) is 0. The molecule has 0 nitrogen and oxygen atoms in total. The van der Waals surface area contributed by atoms with Crippen molar-refractivity contribution in [1.29, 1.82) is 0 Å². The summed E-state index contributed by atoms with van der Waals surface area (Å²) in [6, 6.07) is 0. The second-order valence-corrected chi connectivity index (χ2v) is 3.41. The standard InChI is InChI=1S/CHBrF2Se/c2-5-1(3)4/h1H. The molecule has 0 amide bonds. The second kappa shape index (κ2) is 3.07. The van der Waals surface area contributed by atoms with Crippen molar-refractivity contribution in [2.75, 3.05) is 0 Å². The summed E-state index contributed by atoms with van der Waals surface area (Å²) in [5, 5.41) is -2.14. The molecule has 32 valence electrons. The summed E-state index contributed by atoms with van der Waals surface area (Å²) in [6.45, 7) is 0. The molecule has 0 aliphatic carbocycles. The van der Waals surface area contributed by atoms with Gasteiger partial charge in [0, 0.05) is 0 Å². The van der Waals surface area contributed by atoms with Gasteiger partial charge in [0.05, 0.1) is 0 Å². The molecule has 0 radical (unpaired) electrons. The molecule has 0 aromatic rings. The Morgan fingerprint density at radius 3 is 1.80 bits per heavy atom. The van der Waals surface area contributed by atoms with Crippen LogP contribution in [-0.4, -0.2) is 18.5 Å². The average Bonchev–Trinajstić information content (AvgIpc) is 1.38. The first kappa shape index (κ1) is 5.86. The number of rotatable bonds is 1. The van der Waals surface area contributed by atoms with Crippen molar-refractivity contribution in [2.24, 2.45) is 0 Å². The van der Waals surface area contributed by atoms with E-state index in [1.54, 1.807) is 0 Å². The van der Waals surface area contributed by atoms with Gasteiger partial charge in [-0.2, -0.15) is 0 Å². The van der Waals surface area contributed by atoms with Crippen molar-refractivity contribution < 1.29 is 8.78 Å². The van der Waals surface area contributed by atoms with Crippen molar-refractivity contribution in [3.8, 4) is 0 Å². The van der Waals surface area contributed by atoms with E-state index in [1.807, 2.05) is 0 Å². The third kappa shape index (κ3) is 4.86. The fraction of sp³-hybridized carbons (Fsp3) is 1.00. The normalized spacial score (nSPS) is 9.60. The topological polar surface area (TPSA) is 0 Å². The Kier molecular flexibility index (Phi) is 3.59.